The Morgan fingerprint density at radius 2 is 1.60 bits per heavy atom. The van der Waals surface area contributed by atoms with Gasteiger partial charge in [0.05, 0.1) is 24.7 Å². The Morgan fingerprint density at radius 3 is 2.38 bits per heavy atom. The summed E-state index contributed by atoms with van der Waals surface area (Å²) in [5.74, 6) is 1.53. The number of nitrogens with zero attached hydrogens (tertiary/aromatic N) is 1. The minimum Gasteiger partial charge on any atom is -0.508 e. The van der Waals surface area contributed by atoms with Crippen molar-refractivity contribution >= 4 is 39.1 Å². The molecule has 1 fully saturated rings. The molecule has 2 N–H and O–H groups in total. The fraction of sp³-hybridized carbons (Fsp3) is 0.293. The summed E-state index contributed by atoms with van der Waals surface area (Å²) in [6, 6.07) is 26.4. The Balaban J connectivity index is 0.796. The van der Waals surface area contributed by atoms with Crippen LogP contribution in [0.15, 0.2) is 84.9 Å². The Labute approximate surface area is 305 Å². The Kier molecular flexibility index (Phi) is 10.8. The third kappa shape index (κ3) is 8.12. The van der Waals surface area contributed by atoms with Crippen LogP contribution in [0, 0.1) is 6.92 Å². The zero-order valence-electron chi connectivity index (χ0n) is 28.9. The molecule has 268 valence electrons. The van der Waals surface area contributed by atoms with E-state index in [-0.39, 0.29) is 24.0 Å². The van der Waals surface area contributed by atoms with Gasteiger partial charge in [0.15, 0.2) is 5.75 Å². The largest absolute Gasteiger partial charge is 0.508 e. The lowest BCUT2D eigenvalue weighted by Gasteiger charge is -2.29. The van der Waals surface area contributed by atoms with Crippen molar-refractivity contribution < 1.29 is 38.4 Å². The second-order valence-electron chi connectivity index (χ2n) is 12.9. The topological polar surface area (TPSA) is 124 Å². The van der Waals surface area contributed by atoms with Gasteiger partial charge in [0.2, 0.25) is 11.8 Å². The molecule has 0 aliphatic carbocycles. The van der Waals surface area contributed by atoms with Gasteiger partial charge >= 0.3 is 0 Å². The molecule has 1 aromatic heterocycles. The Hall–Kier alpha value is -5.23. The first kappa shape index (κ1) is 35.2. The lowest BCUT2D eigenvalue weighted by molar-refractivity contribution is -0.136. The van der Waals surface area contributed by atoms with Crippen LogP contribution >= 0.6 is 11.3 Å². The average molecular weight is 721 g/mol. The van der Waals surface area contributed by atoms with Crippen LogP contribution < -0.4 is 14.8 Å². The first-order valence-corrected chi connectivity index (χ1v) is 18.3. The second kappa shape index (κ2) is 16.0. The van der Waals surface area contributed by atoms with E-state index in [4.69, 9.17) is 18.9 Å². The molecule has 1 atom stereocenters. The van der Waals surface area contributed by atoms with Gasteiger partial charge in [-0.05, 0) is 91.4 Å². The molecule has 52 heavy (non-hydrogen) atoms. The van der Waals surface area contributed by atoms with Crippen molar-refractivity contribution in [3.63, 3.8) is 0 Å². The molecule has 2 aliphatic rings. The van der Waals surface area contributed by atoms with Crippen LogP contribution in [-0.4, -0.2) is 66.8 Å². The fourth-order valence-corrected chi connectivity index (χ4v) is 7.65. The van der Waals surface area contributed by atoms with Crippen molar-refractivity contribution in [2.45, 2.75) is 45.2 Å². The third-order valence-electron chi connectivity index (χ3n) is 9.20. The molecule has 3 amide bonds. The van der Waals surface area contributed by atoms with E-state index in [1.54, 1.807) is 28.4 Å². The molecule has 1 saturated heterocycles. The molecule has 5 aromatic rings. The molecule has 7 rings (SSSR count). The number of aromatic hydroxyl groups is 1. The second-order valence-corrected chi connectivity index (χ2v) is 14.0. The van der Waals surface area contributed by atoms with E-state index >= 15 is 0 Å². The van der Waals surface area contributed by atoms with Gasteiger partial charge in [-0.3, -0.25) is 19.7 Å². The predicted molar refractivity (Wildman–Crippen MR) is 198 cm³/mol. The first-order chi connectivity index (χ1) is 25.3. The van der Waals surface area contributed by atoms with Gasteiger partial charge < -0.3 is 29.0 Å². The lowest BCUT2D eigenvalue weighted by Crippen LogP contribution is -2.52. The van der Waals surface area contributed by atoms with Gasteiger partial charge in [-0.2, -0.15) is 0 Å². The van der Waals surface area contributed by atoms with Crippen molar-refractivity contribution in [3.05, 3.63) is 107 Å². The number of nitrogens with one attached hydrogen (secondary N) is 1. The molecule has 1 unspecified atom stereocenters. The van der Waals surface area contributed by atoms with E-state index in [0.717, 1.165) is 50.2 Å². The number of phenols is 1. The number of fused-ring (bicyclic) bond motifs is 2. The van der Waals surface area contributed by atoms with Gasteiger partial charge in [-0.25, -0.2) is 0 Å². The summed E-state index contributed by atoms with van der Waals surface area (Å²) < 4.78 is 24.7. The molecule has 11 heteroatoms. The summed E-state index contributed by atoms with van der Waals surface area (Å²) in [5, 5.41) is 13.3. The zero-order valence-corrected chi connectivity index (χ0v) is 29.7. The summed E-state index contributed by atoms with van der Waals surface area (Å²) in [6.07, 6.45) is 2.23. The minimum atomic E-state index is -0.606. The zero-order chi connectivity index (χ0) is 36.0. The molecule has 10 nitrogen and oxygen atoms in total. The number of phenolic OH excluding ortho intramolecular Hbond substituents is 1. The van der Waals surface area contributed by atoms with Crippen LogP contribution in [0.5, 0.6) is 23.0 Å². The molecule has 3 heterocycles. The Morgan fingerprint density at radius 1 is 0.846 bits per heavy atom. The van der Waals surface area contributed by atoms with Gasteiger partial charge in [0.1, 0.15) is 29.9 Å². The van der Waals surface area contributed by atoms with E-state index < -0.39 is 11.9 Å². The molecular formula is C41H40N2O8S. The van der Waals surface area contributed by atoms with Gasteiger partial charge in [0, 0.05) is 35.2 Å². The van der Waals surface area contributed by atoms with Gasteiger partial charge in [0.25, 0.3) is 5.91 Å². The third-order valence-corrected chi connectivity index (χ3v) is 10.4. The number of carbonyl (C=O) groups excluding carboxylic acids is 3. The standard InChI is InChI=1S/C41H40N2O8S/c1-26-4-7-28(8-5-26)39-38(34-15-9-30(44)24-36(34)52-39)51-32-12-10-31(11-13-32)50-22-21-49-20-19-48-18-2-3-27-6-14-33-29(23-27)25-43(41(33)47)35-16-17-37(45)42-40(35)46/h4-15,23-24,35,44H,2-3,16-22,25H2,1H3,(H,42,45,46). The van der Waals surface area contributed by atoms with Crippen LogP contribution in [0.3, 0.4) is 0 Å². The summed E-state index contributed by atoms with van der Waals surface area (Å²) in [6.45, 7) is 4.79. The summed E-state index contributed by atoms with van der Waals surface area (Å²) in [7, 11) is 0. The highest BCUT2D eigenvalue weighted by molar-refractivity contribution is 7.22. The molecule has 0 spiro atoms. The van der Waals surface area contributed by atoms with Crippen LogP contribution in [0.1, 0.15) is 46.3 Å². The number of hydrogen-bond acceptors (Lipinski definition) is 9. The van der Waals surface area contributed by atoms with Crippen LogP contribution in [-0.2, 0) is 32.0 Å². The smallest absolute Gasteiger partial charge is 0.255 e. The number of thiophene rings is 1. The minimum absolute atomic E-state index is 0.160. The predicted octanol–water partition coefficient (Wildman–Crippen LogP) is 7.18. The Bertz CT molecular complexity index is 2080. The van der Waals surface area contributed by atoms with E-state index in [1.165, 1.54) is 5.56 Å². The number of carbonyl (C=O) groups is 3. The molecule has 0 saturated carbocycles. The number of benzene rings is 4. The number of aryl methyl sites for hydroxylation is 2. The lowest BCUT2D eigenvalue weighted by atomic mass is 10.0. The van der Waals surface area contributed by atoms with Crippen molar-refractivity contribution in [2.75, 3.05) is 33.0 Å². The van der Waals surface area contributed by atoms with Crippen molar-refractivity contribution in [2.24, 2.45) is 0 Å². The highest BCUT2D eigenvalue weighted by Gasteiger charge is 2.39. The number of imide groups is 1. The van der Waals surface area contributed by atoms with Crippen LogP contribution in [0.4, 0.5) is 0 Å². The summed E-state index contributed by atoms with van der Waals surface area (Å²) in [5.41, 5.74) is 4.89. The van der Waals surface area contributed by atoms with Crippen molar-refractivity contribution in [3.8, 4) is 33.4 Å². The number of ether oxygens (including phenoxy) is 4. The van der Waals surface area contributed by atoms with Gasteiger partial charge in [-0.15, -0.1) is 11.3 Å². The highest BCUT2D eigenvalue weighted by atomic mass is 32.1. The maximum absolute atomic E-state index is 12.9. The van der Waals surface area contributed by atoms with E-state index in [1.807, 2.05) is 48.5 Å². The number of piperidine rings is 1. The van der Waals surface area contributed by atoms with Gasteiger partial charge in [-0.1, -0.05) is 42.0 Å². The van der Waals surface area contributed by atoms with E-state index in [0.29, 0.717) is 63.1 Å². The van der Waals surface area contributed by atoms with Crippen LogP contribution in [0.25, 0.3) is 20.5 Å². The fourth-order valence-electron chi connectivity index (χ4n) is 6.48. The van der Waals surface area contributed by atoms with E-state index in [9.17, 15) is 19.5 Å². The quantitative estimate of drug-likeness (QED) is 0.0862. The van der Waals surface area contributed by atoms with Crippen molar-refractivity contribution in [1.82, 2.24) is 10.2 Å². The molecule has 4 aromatic carbocycles. The normalized spacial score (nSPS) is 15.6. The summed E-state index contributed by atoms with van der Waals surface area (Å²) >= 11 is 1.59. The maximum atomic E-state index is 12.9. The number of rotatable bonds is 15. The van der Waals surface area contributed by atoms with E-state index in [2.05, 4.69) is 36.5 Å². The average Bonchev–Trinajstić information content (AvgIpc) is 3.66. The number of amides is 3. The highest BCUT2D eigenvalue weighted by Crippen LogP contribution is 2.47. The number of hydrogen-bond donors (Lipinski definition) is 2. The SMILES string of the molecule is Cc1ccc(-c2sc3cc(O)ccc3c2Oc2ccc(OCCOCCOCCCc3ccc4c(c3)CN(C3CCC(=O)NC3=O)C4=O)cc2)cc1. The monoisotopic (exact) mass is 720 g/mol. The molecule has 2 aliphatic heterocycles. The van der Waals surface area contributed by atoms with Crippen LogP contribution in [0.2, 0.25) is 0 Å². The maximum Gasteiger partial charge on any atom is 0.255 e. The summed E-state index contributed by atoms with van der Waals surface area (Å²) in [4.78, 5) is 39.3. The molecular weight excluding hydrogens is 681 g/mol. The molecule has 0 radical (unpaired) electrons. The first-order valence-electron chi connectivity index (χ1n) is 17.5. The van der Waals surface area contributed by atoms with Crippen molar-refractivity contribution in [1.29, 1.82) is 0 Å². The molecule has 0 bridgehead atoms.